The molecule has 0 bridgehead atoms. The first-order valence-electron chi connectivity index (χ1n) is 5.15. The van der Waals surface area contributed by atoms with Crippen molar-refractivity contribution in [1.82, 2.24) is 9.97 Å². The quantitative estimate of drug-likeness (QED) is 0.918. The van der Waals surface area contributed by atoms with Gasteiger partial charge in [0.15, 0.2) is 0 Å². The van der Waals surface area contributed by atoms with Crippen molar-refractivity contribution in [2.24, 2.45) is 0 Å². The van der Waals surface area contributed by atoms with Gasteiger partial charge in [-0.1, -0.05) is 0 Å². The van der Waals surface area contributed by atoms with Gasteiger partial charge in [0.05, 0.1) is 12.0 Å². The molecule has 8 heteroatoms. The fourth-order valence-electron chi connectivity index (χ4n) is 1.38. The normalized spacial score (nSPS) is 11.1. The summed E-state index contributed by atoms with van der Waals surface area (Å²) in [6.07, 6.45) is 4.33. The van der Waals surface area contributed by atoms with Gasteiger partial charge in [-0.3, -0.25) is 9.71 Å². The van der Waals surface area contributed by atoms with E-state index in [-0.39, 0.29) is 16.5 Å². The number of rotatable bonds is 4. The maximum Gasteiger partial charge on any atom is 0.262 e. The van der Waals surface area contributed by atoms with Gasteiger partial charge in [0.2, 0.25) is 5.88 Å². The van der Waals surface area contributed by atoms with E-state index in [0.717, 1.165) is 0 Å². The minimum absolute atomic E-state index is 0.115. The van der Waals surface area contributed by atoms with E-state index in [1.807, 2.05) is 0 Å². The molecule has 0 aliphatic rings. The first-order chi connectivity index (χ1) is 9.03. The molecule has 2 aromatic heterocycles. The van der Waals surface area contributed by atoms with Crippen molar-refractivity contribution in [1.29, 1.82) is 0 Å². The number of nitrogens with zero attached hydrogens (tertiary/aromatic N) is 2. The topological polar surface area (TPSA) is 81.2 Å². The molecule has 2 rings (SSSR count). The van der Waals surface area contributed by atoms with Crippen LogP contribution in [0.1, 0.15) is 0 Å². The minimum atomic E-state index is -3.69. The Morgan fingerprint density at radius 3 is 2.63 bits per heavy atom. The van der Waals surface area contributed by atoms with Crippen LogP contribution in [0.25, 0.3) is 0 Å². The van der Waals surface area contributed by atoms with Crippen LogP contribution in [0.3, 0.4) is 0 Å². The van der Waals surface area contributed by atoms with Crippen molar-refractivity contribution < 1.29 is 13.2 Å². The highest BCUT2D eigenvalue weighted by Crippen LogP contribution is 2.27. The number of anilines is 1. The van der Waals surface area contributed by atoms with Crippen LogP contribution in [0.2, 0.25) is 0 Å². The molecule has 0 aromatic carbocycles. The van der Waals surface area contributed by atoms with Crippen molar-refractivity contribution in [3.8, 4) is 5.88 Å². The molecule has 19 heavy (non-hydrogen) atoms. The van der Waals surface area contributed by atoms with E-state index < -0.39 is 10.0 Å². The van der Waals surface area contributed by atoms with E-state index in [1.54, 1.807) is 6.07 Å². The zero-order valence-corrected chi connectivity index (χ0v) is 12.3. The number of methoxy groups -OCH3 is 1. The largest absolute Gasteiger partial charge is 0.479 e. The molecule has 0 atom stereocenters. The Hall–Kier alpha value is -1.67. The third-order valence-corrected chi connectivity index (χ3v) is 4.03. The van der Waals surface area contributed by atoms with Gasteiger partial charge in [-0.25, -0.2) is 13.4 Å². The first-order valence-corrected chi connectivity index (χ1v) is 7.43. The Balaban J connectivity index is 2.38. The molecule has 0 aliphatic carbocycles. The summed E-state index contributed by atoms with van der Waals surface area (Å²) in [4.78, 5) is 7.86. The second-order valence-corrected chi connectivity index (χ2v) is 6.10. The Labute approximate surface area is 119 Å². The fraction of sp³-hybridized carbons (Fsp3) is 0.0909. The van der Waals surface area contributed by atoms with Gasteiger partial charge in [0.25, 0.3) is 10.0 Å². The van der Waals surface area contributed by atoms with Gasteiger partial charge < -0.3 is 4.74 Å². The van der Waals surface area contributed by atoms with Gasteiger partial charge in [-0.2, -0.15) is 0 Å². The predicted molar refractivity (Wildman–Crippen MR) is 73.5 cm³/mol. The Kier molecular flexibility index (Phi) is 4.01. The molecule has 0 spiro atoms. The minimum Gasteiger partial charge on any atom is -0.479 e. The predicted octanol–water partition coefficient (Wildman–Crippen LogP) is 2.05. The molecule has 0 radical (unpaired) electrons. The maximum atomic E-state index is 12.1. The monoisotopic (exact) mass is 343 g/mol. The van der Waals surface area contributed by atoms with Crippen LogP contribution < -0.4 is 9.46 Å². The lowest BCUT2D eigenvalue weighted by Crippen LogP contribution is -2.14. The highest BCUT2D eigenvalue weighted by Gasteiger charge is 2.17. The molecule has 0 unspecified atom stereocenters. The second kappa shape index (κ2) is 5.54. The van der Waals surface area contributed by atoms with Crippen LogP contribution >= 0.6 is 15.9 Å². The zero-order chi connectivity index (χ0) is 13.9. The Morgan fingerprint density at radius 2 is 2.00 bits per heavy atom. The molecule has 100 valence electrons. The van der Waals surface area contributed by atoms with Gasteiger partial charge >= 0.3 is 0 Å². The number of hydrogen-bond donors (Lipinski definition) is 1. The maximum absolute atomic E-state index is 12.1. The van der Waals surface area contributed by atoms with Crippen LogP contribution in [0.4, 0.5) is 5.69 Å². The van der Waals surface area contributed by atoms with Gasteiger partial charge in [-0.05, 0) is 34.1 Å². The van der Waals surface area contributed by atoms with E-state index in [4.69, 9.17) is 4.74 Å². The summed E-state index contributed by atoms with van der Waals surface area (Å²) < 4.78 is 32.4. The average Bonchev–Trinajstić information content (AvgIpc) is 2.39. The highest BCUT2D eigenvalue weighted by molar-refractivity contribution is 9.10. The Morgan fingerprint density at radius 1 is 1.32 bits per heavy atom. The molecule has 0 fully saturated rings. The van der Waals surface area contributed by atoms with Crippen LogP contribution in [-0.4, -0.2) is 25.5 Å². The molecule has 6 nitrogen and oxygen atoms in total. The summed E-state index contributed by atoms with van der Waals surface area (Å²) in [5.74, 6) is 0.195. The van der Waals surface area contributed by atoms with E-state index in [1.165, 1.54) is 37.8 Å². The average molecular weight is 344 g/mol. The number of hydrogen-bond acceptors (Lipinski definition) is 5. The van der Waals surface area contributed by atoms with Crippen LogP contribution in [0.5, 0.6) is 5.88 Å². The van der Waals surface area contributed by atoms with Crippen LogP contribution in [0.15, 0.2) is 46.2 Å². The lowest BCUT2D eigenvalue weighted by atomic mass is 10.4. The van der Waals surface area contributed by atoms with Gasteiger partial charge in [0.1, 0.15) is 5.69 Å². The summed E-state index contributed by atoms with van der Waals surface area (Å²) >= 11 is 3.23. The van der Waals surface area contributed by atoms with E-state index in [2.05, 4.69) is 30.6 Å². The Bertz CT molecular complexity index is 677. The fourth-order valence-corrected chi connectivity index (χ4v) is 2.75. The summed E-state index contributed by atoms with van der Waals surface area (Å²) in [6.45, 7) is 0. The lowest BCUT2D eigenvalue weighted by molar-refractivity contribution is 0.400. The smallest absolute Gasteiger partial charge is 0.262 e. The van der Waals surface area contributed by atoms with Gasteiger partial charge in [0, 0.05) is 23.1 Å². The SMILES string of the molecule is COc1ncc(Br)cc1NS(=O)(=O)c1ccncc1. The van der Waals surface area contributed by atoms with Crippen molar-refractivity contribution in [3.05, 3.63) is 41.3 Å². The van der Waals surface area contributed by atoms with Crippen LogP contribution in [0, 0.1) is 0 Å². The number of halogens is 1. The standard InChI is InChI=1S/C11H10BrN3O3S/c1-18-11-10(6-8(12)7-14-11)15-19(16,17)9-2-4-13-5-3-9/h2-7,15H,1H3. The van der Waals surface area contributed by atoms with Crippen molar-refractivity contribution in [3.63, 3.8) is 0 Å². The molecular formula is C11H10BrN3O3S. The number of aromatic nitrogens is 2. The number of ether oxygens (including phenoxy) is 1. The van der Waals surface area contributed by atoms with E-state index >= 15 is 0 Å². The zero-order valence-electron chi connectivity index (χ0n) is 9.87. The van der Waals surface area contributed by atoms with E-state index in [0.29, 0.717) is 4.47 Å². The number of pyridine rings is 2. The van der Waals surface area contributed by atoms with Crippen molar-refractivity contribution in [2.75, 3.05) is 11.8 Å². The number of nitrogens with one attached hydrogen (secondary N) is 1. The first kappa shape index (κ1) is 13.8. The number of sulfonamides is 1. The molecule has 0 amide bonds. The van der Waals surface area contributed by atoms with Crippen LogP contribution in [-0.2, 0) is 10.0 Å². The van der Waals surface area contributed by atoms with Crippen molar-refractivity contribution in [2.45, 2.75) is 4.90 Å². The third-order valence-electron chi connectivity index (χ3n) is 2.22. The molecule has 0 saturated carbocycles. The molecule has 0 saturated heterocycles. The molecular weight excluding hydrogens is 334 g/mol. The summed E-state index contributed by atoms with van der Waals surface area (Å²) in [6, 6.07) is 4.38. The van der Waals surface area contributed by atoms with Crippen molar-refractivity contribution >= 4 is 31.6 Å². The van der Waals surface area contributed by atoms with Gasteiger partial charge in [-0.15, -0.1) is 0 Å². The highest BCUT2D eigenvalue weighted by atomic mass is 79.9. The lowest BCUT2D eigenvalue weighted by Gasteiger charge is -2.11. The summed E-state index contributed by atoms with van der Waals surface area (Å²) in [5.41, 5.74) is 0.258. The second-order valence-electron chi connectivity index (χ2n) is 3.50. The van der Waals surface area contributed by atoms with E-state index in [9.17, 15) is 8.42 Å². The molecule has 0 aliphatic heterocycles. The third kappa shape index (κ3) is 3.21. The molecule has 1 N–H and O–H groups in total. The molecule has 2 aromatic rings. The summed E-state index contributed by atoms with van der Waals surface area (Å²) in [5, 5.41) is 0. The summed E-state index contributed by atoms with van der Waals surface area (Å²) in [7, 11) is -2.28. The molecule has 2 heterocycles.